The zero-order chi connectivity index (χ0) is 14.4. The highest BCUT2D eigenvalue weighted by Gasteiger charge is 2.41. The summed E-state index contributed by atoms with van der Waals surface area (Å²) in [4.78, 5) is 0. The molecule has 0 aliphatic heterocycles. The molecule has 136 valence electrons. The summed E-state index contributed by atoms with van der Waals surface area (Å²) in [6, 6.07) is 8.62. The predicted molar refractivity (Wildman–Crippen MR) is 108 cm³/mol. The van der Waals surface area contributed by atoms with Crippen molar-refractivity contribution in [1.82, 2.24) is 10.6 Å². The van der Waals surface area contributed by atoms with E-state index in [2.05, 4.69) is 22.8 Å². The summed E-state index contributed by atoms with van der Waals surface area (Å²) in [6.07, 6.45) is 5.82. The summed E-state index contributed by atoms with van der Waals surface area (Å²) in [5.74, 6) is 0. The van der Waals surface area contributed by atoms with Crippen LogP contribution in [0.2, 0.25) is 5.02 Å². The van der Waals surface area contributed by atoms with Crippen LogP contribution in [-0.4, -0.2) is 26.2 Å². The molecule has 1 aliphatic rings. The van der Waals surface area contributed by atoms with E-state index in [1.165, 1.54) is 24.8 Å². The van der Waals surface area contributed by atoms with Gasteiger partial charge in [0.05, 0.1) is 5.54 Å². The lowest BCUT2D eigenvalue weighted by Crippen LogP contribution is -2.58. The lowest BCUT2D eigenvalue weighted by molar-refractivity contribution is 0.178. The van der Waals surface area contributed by atoms with Crippen molar-refractivity contribution in [2.24, 2.45) is 5.73 Å². The first-order chi connectivity index (χ1) is 9.74. The Hall–Kier alpha value is 0.260. The van der Waals surface area contributed by atoms with Crippen LogP contribution in [-0.2, 0) is 5.54 Å². The highest BCUT2D eigenvalue weighted by atomic mass is 35.5. The summed E-state index contributed by atoms with van der Waals surface area (Å²) < 4.78 is 0. The number of rotatable bonds is 6. The molecule has 0 heterocycles. The first-order valence-corrected chi connectivity index (χ1v) is 8.00. The maximum absolute atomic E-state index is 6.46. The first kappa shape index (κ1) is 25.5. The average molecular weight is 405 g/mol. The summed E-state index contributed by atoms with van der Waals surface area (Å²) in [5.41, 5.74) is 6.76. The van der Waals surface area contributed by atoms with E-state index in [4.69, 9.17) is 17.3 Å². The number of hydrogen-bond acceptors (Lipinski definition) is 3. The second-order valence-electron chi connectivity index (χ2n) is 5.60. The van der Waals surface area contributed by atoms with Gasteiger partial charge in [-0.3, -0.25) is 0 Å². The summed E-state index contributed by atoms with van der Waals surface area (Å²) in [7, 11) is 2.05. The molecule has 1 aliphatic carbocycles. The Morgan fingerprint density at radius 3 is 2.52 bits per heavy atom. The molecule has 2 atom stereocenters. The molecule has 0 aromatic heterocycles. The van der Waals surface area contributed by atoms with Gasteiger partial charge in [-0.15, -0.1) is 37.2 Å². The van der Waals surface area contributed by atoms with Crippen molar-refractivity contribution in [3.05, 3.63) is 34.9 Å². The number of halogens is 4. The largest absolute Gasteiger partial charge is 0.330 e. The second kappa shape index (κ2) is 12.6. The summed E-state index contributed by atoms with van der Waals surface area (Å²) in [5, 5.41) is 8.12. The Morgan fingerprint density at radius 1 is 1.22 bits per heavy atom. The molecule has 1 aromatic carbocycles. The maximum Gasteiger partial charge on any atom is 0.0602 e. The van der Waals surface area contributed by atoms with Crippen molar-refractivity contribution in [3.63, 3.8) is 0 Å². The molecule has 1 saturated carbocycles. The van der Waals surface area contributed by atoms with Gasteiger partial charge in [-0.05, 0) is 51.0 Å². The number of hydrogen-bond donors (Lipinski definition) is 3. The van der Waals surface area contributed by atoms with E-state index in [1.807, 2.05) is 19.2 Å². The molecular formula is C16H29Cl4N3. The van der Waals surface area contributed by atoms with Gasteiger partial charge in [0.25, 0.3) is 0 Å². The summed E-state index contributed by atoms with van der Waals surface area (Å²) in [6.45, 7) is 1.70. The Bertz CT molecular complexity index is 434. The number of nitrogens with two attached hydrogens (primary N) is 1. The van der Waals surface area contributed by atoms with Crippen LogP contribution in [0.1, 0.15) is 37.7 Å². The quantitative estimate of drug-likeness (QED) is 0.630. The van der Waals surface area contributed by atoms with Crippen molar-refractivity contribution < 1.29 is 0 Å². The lowest BCUT2D eigenvalue weighted by atomic mass is 9.72. The van der Waals surface area contributed by atoms with Crippen molar-refractivity contribution in [2.45, 2.75) is 43.7 Å². The van der Waals surface area contributed by atoms with Gasteiger partial charge in [0, 0.05) is 11.1 Å². The Morgan fingerprint density at radius 2 is 1.91 bits per heavy atom. The van der Waals surface area contributed by atoms with Crippen LogP contribution in [0, 0.1) is 0 Å². The van der Waals surface area contributed by atoms with Gasteiger partial charge in [-0.1, -0.05) is 42.6 Å². The topological polar surface area (TPSA) is 50.1 Å². The fourth-order valence-electron chi connectivity index (χ4n) is 3.41. The van der Waals surface area contributed by atoms with Crippen LogP contribution in [0.25, 0.3) is 0 Å². The van der Waals surface area contributed by atoms with E-state index < -0.39 is 0 Å². The third kappa shape index (κ3) is 5.93. The van der Waals surface area contributed by atoms with E-state index in [9.17, 15) is 0 Å². The number of likely N-dealkylation sites (N-methyl/N-ethyl adjacent to an activating group) is 1. The number of benzene rings is 1. The van der Waals surface area contributed by atoms with Gasteiger partial charge in [0.15, 0.2) is 0 Å². The van der Waals surface area contributed by atoms with Crippen LogP contribution in [0.5, 0.6) is 0 Å². The minimum atomic E-state index is -0.0643. The molecule has 0 bridgehead atoms. The minimum Gasteiger partial charge on any atom is -0.330 e. The molecule has 1 aromatic rings. The Labute approximate surface area is 163 Å². The fraction of sp³-hybridized carbons (Fsp3) is 0.625. The molecule has 2 rings (SSSR count). The van der Waals surface area contributed by atoms with Gasteiger partial charge in [-0.2, -0.15) is 0 Å². The smallest absolute Gasteiger partial charge is 0.0602 e. The van der Waals surface area contributed by atoms with Crippen molar-refractivity contribution >= 4 is 48.8 Å². The van der Waals surface area contributed by atoms with Crippen molar-refractivity contribution in [1.29, 1.82) is 0 Å². The van der Waals surface area contributed by atoms with Crippen molar-refractivity contribution in [3.8, 4) is 0 Å². The van der Waals surface area contributed by atoms with Crippen LogP contribution < -0.4 is 16.4 Å². The van der Waals surface area contributed by atoms with E-state index >= 15 is 0 Å². The molecule has 3 nitrogen and oxygen atoms in total. The van der Waals surface area contributed by atoms with Gasteiger partial charge in [-0.25, -0.2) is 0 Å². The molecule has 23 heavy (non-hydrogen) atoms. The van der Waals surface area contributed by atoms with Gasteiger partial charge in [0.1, 0.15) is 0 Å². The maximum atomic E-state index is 6.46. The van der Waals surface area contributed by atoms with Crippen LogP contribution in [0.3, 0.4) is 0 Å². The zero-order valence-electron chi connectivity index (χ0n) is 13.5. The molecule has 0 amide bonds. The molecule has 7 heteroatoms. The minimum absolute atomic E-state index is 0. The van der Waals surface area contributed by atoms with Crippen LogP contribution in [0.15, 0.2) is 24.3 Å². The SMILES string of the molecule is CN[C@]1(c2ccccc2Cl)CCCC[C@@H]1NCCCN.Cl.Cl.Cl. The third-order valence-corrected chi connectivity index (χ3v) is 4.81. The highest BCUT2D eigenvalue weighted by Crippen LogP contribution is 2.40. The molecular weight excluding hydrogens is 376 g/mol. The first-order valence-electron chi connectivity index (χ1n) is 7.62. The zero-order valence-corrected chi connectivity index (χ0v) is 16.7. The standard InChI is InChI=1S/C16H26ClN3.3ClH/c1-19-16(13-7-2-3-8-14(13)17)10-5-4-9-15(16)20-12-6-11-18;;;/h2-3,7-8,15,19-20H,4-6,9-12,18H2,1H3;3*1H/t15-,16-;;;/m0.../s1. The predicted octanol–water partition coefficient (Wildman–Crippen LogP) is 3.90. The average Bonchev–Trinajstić information content (AvgIpc) is 2.49. The third-order valence-electron chi connectivity index (χ3n) is 4.48. The molecule has 0 spiro atoms. The molecule has 0 saturated heterocycles. The molecule has 4 N–H and O–H groups in total. The monoisotopic (exact) mass is 403 g/mol. The van der Waals surface area contributed by atoms with Crippen LogP contribution in [0.4, 0.5) is 0 Å². The lowest BCUT2D eigenvalue weighted by Gasteiger charge is -2.45. The van der Waals surface area contributed by atoms with Gasteiger partial charge < -0.3 is 16.4 Å². The molecule has 0 radical (unpaired) electrons. The van der Waals surface area contributed by atoms with E-state index in [0.717, 1.165) is 31.0 Å². The summed E-state index contributed by atoms with van der Waals surface area (Å²) >= 11 is 6.46. The van der Waals surface area contributed by atoms with E-state index in [-0.39, 0.29) is 42.8 Å². The molecule has 1 fully saturated rings. The second-order valence-corrected chi connectivity index (χ2v) is 6.00. The van der Waals surface area contributed by atoms with Crippen LogP contribution >= 0.6 is 48.8 Å². The number of nitrogens with one attached hydrogen (secondary N) is 2. The van der Waals surface area contributed by atoms with E-state index in [0.29, 0.717) is 6.04 Å². The van der Waals surface area contributed by atoms with Gasteiger partial charge in [0.2, 0.25) is 0 Å². The Kier molecular flexibility index (Phi) is 14.0. The Balaban J connectivity index is 0. The van der Waals surface area contributed by atoms with Gasteiger partial charge >= 0.3 is 0 Å². The fourth-order valence-corrected chi connectivity index (χ4v) is 3.71. The van der Waals surface area contributed by atoms with Crippen molar-refractivity contribution in [2.75, 3.05) is 20.1 Å². The molecule has 0 unspecified atom stereocenters. The van der Waals surface area contributed by atoms with E-state index in [1.54, 1.807) is 0 Å². The normalized spacial score (nSPS) is 23.2. The highest BCUT2D eigenvalue weighted by molar-refractivity contribution is 6.31.